The third kappa shape index (κ3) is 53.4. The van der Waals surface area contributed by atoms with Gasteiger partial charge < -0.3 is 71.4 Å². The molecule has 0 atom stereocenters. The molecule has 0 saturated carbocycles. The molecule has 0 spiro atoms. The molecule has 0 aromatic heterocycles. The molecular weight excluding hydrogens is 720 g/mol. The van der Waals surface area contributed by atoms with Crippen molar-refractivity contribution >= 4 is 0 Å². The minimum atomic E-state index is 0.0246. The van der Waals surface area contributed by atoms with Crippen molar-refractivity contribution in [3.63, 3.8) is 0 Å². The Balaban J connectivity index is 3.05. The third-order valence-electron chi connectivity index (χ3n) is 7.71. The molecule has 0 aromatic rings. The zero-order valence-corrected chi connectivity index (χ0v) is 34.7. The minimum absolute atomic E-state index is 0.0246. The number of hydrogen-bond donors (Lipinski definition) is 1. The average Bonchev–Trinajstić information content (AvgIpc) is 3.20. The summed E-state index contributed by atoms with van der Waals surface area (Å²) in [6.45, 7) is 17.0. The summed E-state index contributed by atoms with van der Waals surface area (Å²) in [6.07, 6.45) is 13.4. The molecule has 0 aromatic carbocycles. The third-order valence-corrected chi connectivity index (χ3v) is 7.71. The van der Waals surface area contributed by atoms with Gasteiger partial charge in [0.2, 0.25) is 0 Å². The Morgan fingerprint density at radius 2 is 0.364 bits per heavy atom. The fourth-order valence-corrected chi connectivity index (χ4v) is 4.72. The predicted octanol–water partition coefficient (Wildman–Crippen LogP) is 4.13. The van der Waals surface area contributed by atoms with Gasteiger partial charge in [-0.1, -0.05) is 64.7 Å². The van der Waals surface area contributed by atoms with Crippen LogP contribution in [0.25, 0.3) is 0 Å². The van der Waals surface area contributed by atoms with E-state index < -0.39 is 0 Å². The zero-order chi connectivity index (χ0) is 39.5. The number of aliphatic hydroxyl groups excluding tert-OH is 1. The van der Waals surface area contributed by atoms with Gasteiger partial charge >= 0.3 is 0 Å². The average molecular weight is 803 g/mol. The molecule has 0 unspecified atom stereocenters. The molecule has 0 fully saturated rings. The van der Waals surface area contributed by atoms with E-state index in [1.54, 1.807) is 0 Å². The maximum absolute atomic E-state index is 8.59. The number of ether oxygens (including phenoxy) is 14. The molecule has 0 heterocycles. The highest BCUT2D eigenvalue weighted by Crippen LogP contribution is 2.10. The number of unbranched alkanes of at least 4 members (excludes halogenated alkanes) is 9. The molecule has 0 amide bonds. The number of aliphatic hydroxyl groups is 1. The summed E-state index contributed by atoms with van der Waals surface area (Å²) in [5.74, 6) is 0. The standard InChI is InChI=1S/C40H82O15/c1-2-3-4-5-6-7-8-9-10-11-13-42-15-17-44-19-21-46-23-25-48-27-29-50-31-33-52-35-37-54-39-40-55-38-36-53-34-32-51-30-28-49-26-24-47-22-20-45-18-16-43-14-12-41/h41H,2-40H2,1H3. The topological polar surface area (TPSA) is 149 Å². The van der Waals surface area contributed by atoms with Crippen LogP contribution < -0.4 is 0 Å². The maximum Gasteiger partial charge on any atom is 0.0701 e. The van der Waals surface area contributed by atoms with Gasteiger partial charge in [-0.3, -0.25) is 0 Å². The van der Waals surface area contributed by atoms with Gasteiger partial charge in [-0.2, -0.15) is 0 Å². The molecular formula is C40H82O15. The van der Waals surface area contributed by atoms with Crippen LogP contribution in [0.15, 0.2) is 0 Å². The van der Waals surface area contributed by atoms with E-state index in [4.69, 9.17) is 71.4 Å². The van der Waals surface area contributed by atoms with Crippen LogP contribution in [0.3, 0.4) is 0 Å². The first kappa shape index (κ1) is 54.4. The molecule has 332 valence electrons. The van der Waals surface area contributed by atoms with Crippen LogP contribution in [0.2, 0.25) is 0 Å². The van der Waals surface area contributed by atoms with Crippen LogP contribution in [0, 0.1) is 0 Å². The molecule has 55 heavy (non-hydrogen) atoms. The monoisotopic (exact) mass is 803 g/mol. The minimum Gasteiger partial charge on any atom is -0.394 e. The molecule has 0 aliphatic rings. The zero-order valence-electron chi connectivity index (χ0n) is 34.7. The van der Waals surface area contributed by atoms with E-state index >= 15 is 0 Å². The molecule has 0 radical (unpaired) electrons. The number of rotatable bonds is 52. The van der Waals surface area contributed by atoms with Crippen molar-refractivity contribution in [2.75, 3.05) is 192 Å². The Labute approximate surface area is 333 Å². The van der Waals surface area contributed by atoms with Gasteiger partial charge in [0, 0.05) is 6.61 Å². The van der Waals surface area contributed by atoms with E-state index in [-0.39, 0.29) is 6.61 Å². The van der Waals surface area contributed by atoms with Crippen molar-refractivity contribution in [2.24, 2.45) is 0 Å². The van der Waals surface area contributed by atoms with E-state index in [0.29, 0.717) is 178 Å². The highest BCUT2D eigenvalue weighted by Gasteiger charge is 1.98. The number of hydrogen-bond acceptors (Lipinski definition) is 15. The van der Waals surface area contributed by atoms with E-state index in [9.17, 15) is 0 Å². The van der Waals surface area contributed by atoms with Crippen molar-refractivity contribution in [1.29, 1.82) is 0 Å². The molecule has 0 saturated heterocycles. The highest BCUT2D eigenvalue weighted by molar-refractivity contribution is 4.48. The van der Waals surface area contributed by atoms with Crippen molar-refractivity contribution in [2.45, 2.75) is 71.1 Å². The Morgan fingerprint density at radius 1 is 0.200 bits per heavy atom. The van der Waals surface area contributed by atoms with Gasteiger partial charge in [-0.05, 0) is 6.42 Å². The predicted molar refractivity (Wildman–Crippen MR) is 210 cm³/mol. The van der Waals surface area contributed by atoms with Crippen LogP contribution in [-0.4, -0.2) is 197 Å². The van der Waals surface area contributed by atoms with Crippen molar-refractivity contribution in [1.82, 2.24) is 0 Å². The van der Waals surface area contributed by atoms with Crippen LogP contribution in [0.1, 0.15) is 71.1 Å². The van der Waals surface area contributed by atoms with Crippen molar-refractivity contribution in [3.05, 3.63) is 0 Å². The summed E-state index contributed by atoms with van der Waals surface area (Å²) in [5.41, 5.74) is 0. The largest absolute Gasteiger partial charge is 0.394 e. The van der Waals surface area contributed by atoms with Crippen LogP contribution in [0.5, 0.6) is 0 Å². The van der Waals surface area contributed by atoms with Gasteiger partial charge in [-0.25, -0.2) is 0 Å². The normalized spacial score (nSPS) is 11.7. The second-order valence-electron chi connectivity index (χ2n) is 12.5. The van der Waals surface area contributed by atoms with Gasteiger partial charge in [0.05, 0.1) is 185 Å². The molecule has 15 nitrogen and oxygen atoms in total. The lowest BCUT2D eigenvalue weighted by molar-refractivity contribution is -0.0297. The molecule has 0 aliphatic heterocycles. The van der Waals surface area contributed by atoms with Gasteiger partial charge in [0.25, 0.3) is 0 Å². The van der Waals surface area contributed by atoms with Gasteiger partial charge in [-0.15, -0.1) is 0 Å². The lowest BCUT2D eigenvalue weighted by atomic mass is 10.1. The summed E-state index contributed by atoms with van der Waals surface area (Å²) < 4.78 is 76.5. The summed E-state index contributed by atoms with van der Waals surface area (Å²) in [7, 11) is 0. The lowest BCUT2D eigenvalue weighted by Gasteiger charge is -2.09. The van der Waals surface area contributed by atoms with Crippen molar-refractivity contribution < 1.29 is 71.4 Å². The molecule has 0 aliphatic carbocycles. The van der Waals surface area contributed by atoms with Crippen LogP contribution in [-0.2, 0) is 66.3 Å². The molecule has 0 rings (SSSR count). The molecule has 1 N–H and O–H groups in total. The summed E-state index contributed by atoms with van der Waals surface area (Å²) in [6, 6.07) is 0. The van der Waals surface area contributed by atoms with E-state index in [2.05, 4.69) is 6.92 Å². The summed E-state index contributed by atoms with van der Waals surface area (Å²) in [5, 5.41) is 8.59. The lowest BCUT2D eigenvalue weighted by Crippen LogP contribution is -2.15. The summed E-state index contributed by atoms with van der Waals surface area (Å²) >= 11 is 0. The first-order chi connectivity index (χ1) is 27.4. The van der Waals surface area contributed by atoms with Gasteiger partial charge in [0.1, 0.15) is 0 Å². The van der Waals surface area contributed by atoms with E-state index in [0.717, 1.165) is 13.0 Å². The van der Waals surface area contributed by atoms with Gasteiger partial charge in [0.15, 0.2) is 0 Å². The first-order valence-corrected chi connectivity index (χ1v) is 21.1. The summed E-state index contributed by atoms with van der Waals surface area (Å²) in [4.78, 5) is 0. The maximum atomic E-state index is 8.59. The molecule has 15 heteroatoms. The van der Waals surface area contributed by atoms with Crippen LogP contribution >= 0.6 is 0 Å². The second kappa shape index (κ2) is 53.4. The Bertz CT molecular complexity index is 602. The first-order valence-electron chi connectivity index (χ1n) is 21.1. The Kier molecular flexibility index (Phi) is 52.8. The quantitative estimate of drug-likeness (QED) is 0.0878. The van der Waals surface area contributed by atoms with E-state index in [1.807, 2.05) is 0 Å². The second-order valence-corrected chi connectivity index (χ2v) is 12.5. The highest BCUT2D eigenvalue weighted by atomic mass is 16.6. The smallest absolute Gasteiger partial charge is 0.0701 e. The fourth-order valence-electron chi connectivity index (χ4n) is 4.72. The fraction of sp³-hybridized carbons (Fsp3) is 1.00. The van der Waals surface area contributed by atoms with Crippen molar-refractivity contribution in [3.8, 4) is 0 Å². The Hall–Kier alpha value is -0.600. The molecule has 0 bridgehead atoms. The van der Waals surface area contributed by atoms with E-state index in [1.165, 1.54) is 57.8 Å². The Morgan fingerprint density at radius 3 is 0.564 bits per heavy atom. The van der Waals surface area contributed by atoms with Crippen LogP contribution in [0.4, 0.5) is 0 Å². The SMILES string of the molecule is CCCCCCCCCCCCOCCOCCOCCOCCOCCOCCOCCOCCOCCOCCOCCOCCOCCOCCO.